The van der Waals surface area contributed by atoms with Gasteiger partial charge in [0.1, 0.15) is 29.7 Å². The van der Waals surface area contributed by atoms with E-state index < -0.39 is 29.5 Å². The first-order chi connectivity index (χ1) is 17.3. The van der Waals surface area contributed by atoms with Gasteiger partial charge < -0.3 is 14.4 Å². The Hall–Kier alpha value is -4.27. The van der Waals surface area contributed by atoms with Crippen molar-refractivity contribution in [1.82, 2.24) is 9.91 Å². The largest absolute Gasteiger partial charge is 0.497 e. The van der Waals surface area contributed by atoms with E-state index in [2.05, 4.69) is 5.10 Å². The monoisotopic (exact) mass is 493 g/mol. The quantitative estimate of drug-likeness (QED) is 0.488. The summed E-state index contributed by atoms with van der Waals surface area (Å²) in [5.74, 6) is -1.28. The molecule has 1 aliphatic heterocycles. The summed E-state index contributed by atoms with van der Waals surface area (Å²) in [6, 6.07) is 16.2. The number of benzene rings is 3. The second-order valence-electron chi connectivity index (χ2n) is 8.23. The summed E-state index contributed by atoms with van der Waals surface area (Å²) in [7, 11) is 4.45. The summed E-state index contributed by atoms with van der Waals surface area (Å²) < 4.78 is 39.6. The Morgan fingerprint density at radius 1 is 1.00 bits per heavy atom. The van der Waals surface area contributed by atoms with Crippen LogP contribution >= 0.6 is 0 Å². The molecule has 0 N–H and O–H groups in total. The molecule has 4 rings (SSSR count). The van der Waals surface area contributed by atoms with Crippen molar-refractivity contribution in [3.05, 3.63) is 95.1 Å². The fourth-order valence-electron chi connectivity index (χ4n) is 4.11. The number of likely N-dealkylation sites (N-methyl/N-ethyl adjacent to an activating group) is 1. The number of hydrogen-bond donors (Lipinski definition) is 0. The van der Waals surface area contributed by atoms with Crippen molar-refractivity contribution >= 4 is 17.5 Å². The number of amides is 2. The van der Waals surface area contributed by atoms with Gasteiger partial charge in [0.15, 0.2) is 0 Å². The highest BCUT2D eigenvalue weighted by molar-refractivity contribution is 6.05. The van der Waals surface area contributed by atoms with Gasteiger partial charge in [-0.3, -0.25) is 9.59 Å². The van der Waals surface area contributed by atoms with Crippen molar-refractivity contribution in [2.45, 2.75) is 12.5 Å². The van der Waals surface area contributed by atoms with Gasteiger partial charge in [-0.1, -0.05) is 30.3 Å². The van der Waals surface area contributed by atoms with Crippen LogP contribution in [-0.4, -0.2) is 55.2 Å². The molecule has 3 aromatic carbocycles. The summed E-state index contributed by atoms with van der Waals surface area (Å²) >= 11 is 0. The van der Waals surface area contributed by atoms with Crippen molar-refractivity contribution in [3.8, 4) is 11.5 Å². The Balaban J connectivity index is 1.66. The van der Waals surface area contributed by atoms with Crippen molar-refractivity contribution in [2.75, 3.05) is 27.8 Å². The minimum absolute atomic E-state index is 0.146. The van der Waals surface area contributed by atoms with Gasteiger partial charge in [0, 0.05) is 30.7 Å². The molecule has 36 heavy (non-hydrogen) atoms. The molecule has 1 atom stereocenters. The summed E-state index contributed by atoms with van der Waals surface area (Å²) in [4.78, 5) is 27.2. The normalized spacial score (nSPS) is 14.9. The standard InChI is InChI=1S/C27H25F2N3O4/c1-31(27(34)19-9-5-7-11-22(19)29)16-26(33)32-24(18-8-4-6-10-21(18)28)15-23(30-32)20-13-12-17(35-2)14-25(20)36-3/h4-14,24H,15-16H2,1-3H3. The van der Waals surface area contributed by atoms with Gasteiger partial charge in [0.05, 0.1) is 31.5 Å². The molecule has 0 saturated heterocycles. The van der Waals surface area contributed by atoms with E-state index in [9.17, 15) is 18.4 Å². The third kappa shape index (κ3) is 4.91. The van der Waals surface area contributed by atoms with Crippen molar-refractivity contribution < 1.29 is 27.8 Å². The van der Waals surface area contributed by atoms with Crippen molar-refractivity contribution in [3.63, 3.8) is 0 Å². The number of carbonyl (C=O) groups excluding carboxylic acids is 2. The lowest BCUT2D eigenvalue weighted by molar-refractivity contribution is -0.133. The highest BCUT2D eigenvalue weighted by Gasteiger charge is 2.36. The zero-order valence-corrected chi connectivity index (χ0v) is 20.1. The topological polar surface area (TPSA) is 71.4 Å². The van der Waals surface area contributed by atoms with Crippen LogP contribution in [0.15, 0.2) is 71.8 Å². The zero-order valence-electron chi connectivity index (χ0n) is 20.1. The molecule has 2 amide bonds. The first-order valence-electron chi connectivity index (χ1n) is 11.2. The average molecular weight is 494 g/mol. The average Bonchev–Trinajstić information content (AvgIpc) is 3.33. The fraction of sp³-hybridized carbons (Fsp3) is 0.222. The van der Waals surface area contributed by atoms with Crippen molar-refractivity contribution in [1.29, 1.82) is 0 Å². The van der Waals surface area contributed by atoms with Crippen LogP contribution in [0, 0.1) is 11.6 Å². The van der Waals surface area contributed by atoms with E-state index in [4.69, 9.17) is 9.47 Å². The number of carbonyl (C=O) groups is 2. The Morgan fingerprint density at radius 2 is 1.69 bits per heavy atom. The molecule has 186 valence electrons. The molecule has 3 aromatic rings. The van der Waals surface area contributed by atoms with Crippen LogP contribution in [-0.2, 0) is 4.79 Å². The predicted molar refractivity (Wildman–Crippen MR) is 130 cm³/mol. The molecule has 0 radical (unpaired) electrons. The molecule has 0 spiro atoms. The van der Waals surface area contributed by atoms with Gasteiger partial charge in [-0.25, -0.2) is 13.8 Å². The van der Waals surface area contributed by atoms with Crippen LogP contribution in [0.4, 0.5) is 8.78 Å². The third-order valence-corrected chi connectivity index (χ3v) is 5.97. The van der Waals surface area contributed by atoms with Gasteiger partial charge in [0.25, 0.3) is 11.8 Å². The first kappa shape index (κ1) is 24.8. The van der Waals surface area contributed by atoms with E-state index in [1.165, 1.54) is 50.5 Å². The maximum Gasteiger partial charge on any atom is 0.262 e. The number of methoxy groups -OCH3 is 2. The van der Waals surface area contributed by atoms with Crippen LogP contribution in [0.3, 0.4) is 0 Å². The minimum Gasteiger partial charge on any atom is -0.497 e. The van der Waals surface area contributed by atoms with Gasteiger partial charge in [-0.2, -0.15) is 5.10 Å². The summed E-state index contributed by atoms with van der Waals surface area (Å²) in [5.41, 5.74) is 1.29. The number of rotatable bonds is 7. The van der Waals surface area contributed by atoms with Crippen LogP contribution in [0.25, 0.3) is 0 Å². The lowest BCUT2D eigenvalue weighted by atomic mass is 9.97. The van der Waals surface area contributed by atoms with Crippen LogP contribution in [0.1, 0.15) is 33.9 Å². The lowest BCUT2D eigenvalue weighted by Crippen LogP contribution is -2.39. The predicted octanol–water partition coefficient (Wildman–Crippen LogP) is 4.43. The molecule has 9 heteroatoms. The highest BCUT2D eigenvalue weighted by atomic mass is 19.1. The van der Waals surface area contributed by atoms with E-state index in [0.29, 0.717) is 28.3 Å². The van der Waals surface area contributed by atoms with Gasteiger partial charge in [0.2, 0.25) is 0 Å². The lowest BCUT2D eigenvalue weighted by Gasteiger charge is -2.25. The first-order valence-corrected chi connectivity index (χ1v) is 11.2. The van der Waals surface area contributed by atoms with Gasteiger partial charge >= 0.3 is 0 Å². The maximum absolute atomic E-state index is 14.8. The van der Waals surface area contributed by atoms with Crippen LogP contribution in [0.5, 0.6) is 11.5 Å². The molecule has 0 saturated carbocycles. The minimum atomic E-state index is -0.738. The molecule has 1 heterocycles. The Bertz CT molecular complexity index is 1330. The van der Waals surface area contributed by atoms with E-state index in [-0.39, 0.29) is 18.5 Å². The number of hydrogen-bond acceptors (Lipinski definition) is 5. The van der Waals surface area contributed by atoms with Crippen molar-refractivity contribution in [2.24, 2.45) is 5.10 Å². The number of nitrogens with zero attached hydrogens (tertiary/aromatic N) is 3. The molecule has 0 bridgehead atoms. The summed E-state index contributed by atoms with van der Waals surface area (Å²) in [6.45, 7) is -0.380. The molecule has 1 unspecified atom stereocenters. The second-order valence-corrected chi connectivity index (χ2v) is 8.23. The van der Waals surface area contributed by atoms with E-state index in [0.717, 1.165) is 4.90 Å². The Morgan fingerprint density at radius 3 is 2.36 bits per heavy atom. The number of hydrazone groups is 1. The van der Waals surface area contributed by atoms with Gasteiger partial charge in [-0.05, 0) is 30.3 Å². The molecular formula is C27H25F2N3O4. The molecule has 1 aliphatic rings. The number of halogens is 2. The molecule has 0 aromatic heterocycles. The molecule has 0 aliphatic carbocycles. The smallest absolute Gasteiger partial charge is 0.262 e. The van der Waals surface area contributed by atoms with Crippen LogP contribution < -0.4 is 9.47 Å². The summed E-state index contributed by atoms with van der Waals surface area (Å²) in [6.07, 6.45) is 0.223. The maximum atomic E-state index is 14.8. The van der Waals surface area contributed by atoms with Crippen LogP contribution in [0.2, 0.25) is 0 Å². The zero-order chi connectivity index (χ0) is 25.8. The van der Waals surface area contributed by atoms with E-state index in [1.54, 1.807) is 42.5 Å². The highest BCUT2D eigenvalue weighted by Crippen LogP contribution is 2.37. The SMILES string of the molecule is COc1ccc(C2=NN(C(=O)CN(C)C(=O)c3ccccc3F)C(c3ccccc3F)C2)c(OC)c1. The second kappa shape index (κ2) is 10.6. The summed E-state index contributed by atoms with van der Waals surface area (Å²) in [5, 5.41) is 5.71. The van der Waals surface area contributed by atoms with E-state index >= 15 is 0 Å². The molecule has 0 fully saturated rings. The fourth-order valence-corrected chi connectivity index (χ4v) is 4.11. The van der Waals surface area contributed by atoms with E-state index in [1.807, 2.05) is 0 Å². The third-order valence-electron chi connectivity index (χ3n) is 5.97. The number of ether oxygens (including phenoxy) is 2. The Kier molecular flexibility index (Phi) is 7.28. The molecular weight excluding hydrogens is 468 g/mol. The van der Waals surface area contributed by atoms with Gasteiger partial charge in [-0.15, -0.1) is 0 Å². The Labute approximate surface area is 207 Å². The molecule has 7 nitrogen and oxygen atoms in total.